The van der Waals surface area contributed by atoms with Gasteiger partial charge in [-0.3, -0.25) is 13.9 Å². The first-order valence-corrected chi connectivity index (χ1v) is 15.5. The van der Waals surface area contributed by atoms with Crippen LogP contribution in [0.15, 0.2) is 82.2 Å². The van der Waals surface area contributed by atoms with Gasteiger partial charge in [-0.15, -0.1) is 0 Å². The minimum absolute atomic E-state index is 0.0774. The van der Waals surface area contributed by atoms with Gasteiger partial charge in [0.1, 0.15) is 12.6 Å². The molecule has 2 amide bonds. The largest absolute Gasteiger partial charge is 0.350 e. The fraction of sp³-hybridized carbons (Fsp3) is 0.355. The molecule has 0 bridgehead atoms. The van der Waals surface area contributed by atoms with Gasteiger partial charge in [-0.1, -0.05) is 76.4 Å². The molecule has 9 heteroatoms. The molecular weight excluding hydrogens is 590 g/mol. The van der Waals surface area contributed by atoms with E-state index in [1.807, 2.05) is 65.8 Å². The summed E-state index contributed by atoms with van der Waals surface area (Å²) in [6.07, 6.45) is 0.362. The second-order valence-corrected chi connectivity index (χ2v) is 13.8. The summed E-state index contributed by atoms with van der Waals surface area (Å²) in [7, 11) is -4.11. The molecule has 0 spiro atoms. The number of nitrogens with one attached hydrogen (secondary N) is 1. The Labute approximate surface area is 246 Å². The number of nitrogens with zero attached hydrogens (tertiary/aromatic N) is 2. The van der Waals surface area contributed by atoms with Gasteiger partial charge in [0, 0.05) is 16.6 Å². The van der Waals surface area contributed by atoms with Gasteiger partial charge in [-0.05, 0) is 76.9 Å². The average molecular weight is 629 g/mol. The maximum atomic E-state index is 14.1. The van der Waals surface area contributed by atoms with E-state index in [0.717, 1.165) is 21.0 Å². The highest BCUT2D eigenvalue weighted by molar-refractivity contribution is 9.10. The Hall–Kier alpha value is -3.17. The van der Waals surface area contributed by atoms with E-state index in [9.17, 15) is 18.0 Å². The third-order valence-corrected chi connectivity index (χ3v) is 8.58. The molecule has 0 aliphatic heterocycles. The molecule has 40 heavy (non-hydrogen) atoms. The van der Waals surface area contributed by atoms with Gasteiger partial charge in [0.05, 0.1) is 10.6 Å². The molecule has 7 nitrogen and oxygen atoms in total. The molecule has 0 fully saturated rings. The molecule has 214 valence electrons. The van der Waals surface area contributed by atoms with Crippen LogP contribution < -0.4 is 9.62 Å². The van der Waals surface area contributed by atoms with Crippen molar-refractivity contribution in [1.29, 1.82) is 0 Å². The van der Waals surface area contributed by atoms with Crippen molar-refractivity contribution in [2.75, 3.05) is 10.8 Å². The lowest BCUT2D eigenvalue weighted by atomic mass is 10.0. The standard InChI is InChI=1S/C31H38BrN3O4S/c1-7-28(30(37)33-31(4,5)6)34(20-24-11-8-10-23(3)18-24)29(36)21-35(26-13-9-12-25(32)19-26)40(38,39)27-16-14-22(2)15-17-27/h8-19,28H,7,20-21H2,1-6H3,(H,33,37)/t28-/m1/s1. The Kier molecular flexibility index (Phi) is 10.2. The van der Waals surface area contributed by atoms with E-state index in [1.54, 1.807) is 36.4 Å². The van der Waals surface area contributed by atoms with Crippen LogP contribution in [0.4, 0.5) is 5.69 Å². The molecule has 3 aromatic carbocycles. The summed E-state index contributed by atoms with van der Waals surface area (Å²) in [6.45, 7) is 11.0. The topological polar surface area (TPSA) is 86.8 Å². The minimum atomic E-state index is -4.11. The van der Waals surface area contributed by atoms with E-state index in [2.05, 4.69) is 21.2 Å². The molecule has 0 saturated heterocycles. The average Bonchev–Trinajstić information content (AvgIpc) is 2.86. The molecule has 0 unspecified atom stereocenters. The van der Waals surface area contributed by atoms with Crippen LogP contribution in [-0.4, -0.2) is 43.3 Å². The normalized spacial score (nSPS) is 12.5. The van der Waals surface area contributed by atoms with Gasteiger partial charge in [0.25, 0.3) is 10.0 Å². The number of carbonyl (C=O) groups excluding carboxylic acids is 2. The van der Waals surface area contributed by atoms with Crippen LogP contribution in [0.2, 0.25) is 0 Å². The lowest BCUT2D eigenvalue weighted by Crippen LogP contribution is -2.55. The second-order valence-electron chi connectivity index (χ2n) is 11.0. The van der Waals surface area contributed by atoms with Crippen molar-refractivity contribution in [2.45, 2.75) is 71.0 Å². The van der Waals surface area contributed by atoms with E-state index in [0.29, 0.717) is 16.6 Å². The lowest BCUT2D eigenvalue weighted by molar-refractivity contribution is -0.141. The van der Waals surface area contributed by atoms with Crippen LogP contribution in [0, 0.1) is 13.8 Å². The van der Waals surface area contributed by atoms with Gasteiger partial charge < -0.3 is 10.2 Å². The highest BCUT2D eigenvalue weighted by Gasteiger charge is 2.34. The fourth-order valence-corrected chi connectivity index (χ4v) is 6.17. The number of benzene rings is 3. The Morgan fingerprint density at radius 2 is 1.57 bits per heavy atom. The van der Waals surface area contributed by atoms with Crippen LogP contribution in [0.1, 0.15) is 50.8 Å². The second kappa shape index (κ2) is 13.0. The molecule has 0 aliphatic rings. The summed E-state index contributed by atoms with van der Waals surface area (Å²) in [5.74, 6) is -0.764. The van der Waals surface area contributed by atoms with E-state index >= 15 is 0 Å². The van der Waals surface area contributed by atoms with Gasteiger partial charge in [-0.2, -0.15) is 0 Å². The van der Waals surface area contributed by atoms with Crippen LogP contribution >= 0.6 is 15.9 Å². The quantitative estimate of drug-likeness (QED) is 0.299. The number of halogens is 1. The molecule has 3 rings (SSSR count). The summed E-state index contributed by atoms with van der Waals surface area (Å²) in [5, 5.41) is 2.99. The summed E-state index contributed by atoms with van der Waals surface area (Å²) < 4.78 is 29.7. The Balaban J connectivity index is 2.08. The zero-order chi connectivity index (χ0) is 29.7. The summed E-state index contributed by atoms with van der Waals surface area (Å²) in [6, 6.07) is 20.3. The Morgan fingerprint density at radius 1 is 0.925 bits per heavy atom. The van der Waals surface area contributed by atoms with Crippen molar-refractivity contribution >= 4 is 43.5 Å². The highest BCUT2D eigenvalue weighted by atomic mass is 79.9. The zero-order valence-electron chi connectivity index (χ0n) is 23.9. The van der Waals surface area contributed by atoms with Crippen LogP contribution in [-0.2, 0) is 26.2 Å². The van der Waals surface area contributed by atoms with E-state index in [4.69, 9.17) is 0 Å². The number of rotatable bonds is 10. The van der Waals surface area contributed by atoms with Crippen molar-refractivity contribution in [3.05, 3.63) is 94.0 Å². The van der Waals surface area contributed by atoms with Crippen molar-refractivity contribution in [3.8, 4) is 0 Å². The van der Waals surface area contributed by atoms with Crippen LogP contribution in [0.5, 0.6) is 0 Å². The molecule has 0 aromatic heterocycles. The zero-order valence-corrected chi connectivity index (χ0v) is 26.3. The first-order valence-electron chi connectivity index (χ1n) is 13.2. The maximum absolute atomic E-state index is 14.1. The number of anilines is 1. The number of amides is 2. The first kappa shape index (κ1) is 31.4. The smallest absolute Gasteiger partial charge is 0.264 e. The Bertz CT molecular complexity index is 1450. The molecular formula is C31H38BrN3O4S. The maximum Gasteiger partial charge on any atom is 0.264 e. The number of aryl methyl sites for hydroxylation is 2. The third-order valence-electron chi connectivity index (χ3n) is 6.30. The van der Waals surface area contributed by atoms with Gasteiger partial charge in [-0.25, -0.2) is 8.42 Å². The number of carbonyl (C=O) groups is 2. The van der Waals surface area contributed by atoms with Gasteiger partial charge in [0.2, 0.25) is 11.8 Å². The molecule has 0 heterocycles. The van der Waals surface area contributed by atoms with E-state index in [-0.39, 0.29) is 17.3 Å². The van der Waals surface area contributed by atoms with E-state index in [1.165, 1.54) is 17.0 Å². The molecule has 0 radical (unpaired) electrons. The SMILES string of the molecule is CC[C@H](C(=O)NC(C)(C)C)N(Cc1cccc(C)c1)C(=O)CN(c1cccc(Br)c1)S(=O)(=O)c1ccc(C)cc1. The van der Waals surface area contributed by atoms with Crippen LogP contribution in [0.25, 0.3) is 0 Å². The van der Waals surface area contributed by atoms with Crippen molar-refractivity contribution in [1.82, 2.24) is 10.2 Å². The minimum Gasteiger partial charge on any atom is -0.350 e. The van der Waals surface area contributed by atoms with Gasteiger partial charge in [0.15, 0.2) is 0 Å². The lowest BCUT2D eigenvalue weighted by Gasteiger charge is -2.35. The monoisotopic (exact) mass is 627 g/mol. The third kappa shape index (κ3) is 8.17. The first-order chi connectivity index (χ1) is 18.7. The number of sulfonamides is 1. The predicted octanol–water partition coefficient (Wildman–Crippen LogP) is 5.98. The highest BCUT2D eigenvalue weighted by Crippen LogP contribution is 2.27. The van der Waals surface area contributed by atoms with Crippen molar-refractivity contribution in [3.63, 3.8) is 0 Å². The van der Waals surface area contributed by atoms with Gasteiger partial charge >= 0.3 is 0 Å². The number of hydrogen-bond donors (Lipinski definition) is 1. The van der Waals surface area contributed by atoms with Crippen molar-refractivity contribution < 1.29 is 18.0 Å². The number of hydrogen-bond acceptors (Lipinski definition) is 4. The van der Waals surface area contributed by atoms with E-state index < -0.39 is 34.1 Å². The molecule has 3 aromatic rings. The van der Waals surface area contributed by atoms with Crippen molar-refractivity contribution in [2.24, 2.45) is 0 Å². The Morgan fingerprint density at radius 3 is 2.15 bits per heavy atom. The summed E-state index contributed by atoms with van der Waals surface area (Å²) >= 11 is 3.42. The predicted molar refractivity (Wildman–Crippen MR) is 164 cm³/mol. The summed E-state index contributed by atoms with van der Waals surface area (Å²) in [5.41, 5.74) is 2.63. The molecule has 1 atom stereocenters. The molecule has 0 aliphatic carbocycles. The fourth-order valence-electron chi connectivity index (χ4n) is 4.38. The summed E-state index contributed by atoms with van der Waals surface area (Å²) in [4.78, 5) is 29.1. The molecule has 0 saturated carbocycles. The van der Waals surface area contributed by atoms with Crippen LogP contribution in [0.3, 0.4) is 0 Å². The molecule has 1 N–H and O–H groups in total.